The van der Waals surface area contributed by atoms with Crippen molar-refractivity contribution in [2.24, 2.45) is 0 Å². The van der Waals surface area contributed by atoms with Crippen LogP contribution in [0.1, 0.15) is 0 Å². The first-order valence-electron chi connectivity index (χ1n) is 5.13. The normalized spacial score (nSPS) is 10.3. The number of para-hydroxylation sites is 1. The van der Waals surface area contributed by atoms with E-state index in [1.807, 2.05) is 24.3 Å². The highest BCUT2D eigenvalue weighted by molar-refractivity contribution is 9.10. The summed E-state index contributed by atoms with van der Waals surface area (Å²) in [5.41, 5.74) is 7.49. The first kappa shape index (κ1) is 11.9. The predicted octanol–water partition coefficient (Wildman–Crippen LogP) is 3.94. The van der Waals surface area contributed by atoms with Gasteiger partial charge in [-0.25, -0.2) is 4.39 Å². The maximum Gasteiger partial charge on any atom is 0.148 e. The quantitative estimate of drug-likeness (QED) is 0.850. The van der Waals surface area contributed by atoms with E-state index in [1.165, 1.54) is 6.07 Å². The Morgan fingerprint density at radius 1 is 1.18 bits per heavy atom. The van der Waals surface area contributed by atoms with Gasteiger partial charge in [0.05, 0.1) is 5.69 Å². The number of benzene rings is 2. The number of hydrogen-bond acceptors (Lipinski definition) is 2. The molecule has 0 saturated heterocycles. The molecule has 88 valence electrons. The van der Waals surface area contributed by atoms with Crippen molar-refractivity contribution in [2.45, 2.75) is 0 Å². The second kappa shape index (κ2) is 4.75. The van der Waals surface area contributed by atoms with Gasteiger partial charge in [0.1, 0.15) is 11.5 Å². The first-order chi connectivity index (χ1) is 8.09. The van der Waals surface area contributed by atoms with Crippen LogP contribution in [0, 0.1) is 5.82 Å². The molecule has 2 nitrogen and oxygen atoms in total. The molecule has 0 radical (unpaired) electrons. The Morgan fingerprint density at radius 2 is 1.88 bits per heavy atom. The van der Waals surface area contributed by atoms with E-state index >= 15 is 0 Å². The van der Waals surface area contributed by atoms with Gasteiger partial charge in [0, 0.05) is 17.2 Å². The molecule has 4 heteroatoms. The number of halogens is 2. The summed E-state index contributed by atoms with van der Waals surface area (Å²) in [6, 6.07) is 12.3. The van der Waals surface area contributed by atoms with Gasteiger partial charge in [-0.3, -0.25) is 0 Å². The van der Waals surface area contributed by atoms with E-state index in [9.17, 15) is 4.39 Å². The average Bonchev–Trinajstić information content (AvgIpc) is 2.28. The molecule has 2 rings (SSSR count). The largest absolute Gasteiger partial charge is 0.397 e. The topological polar surface area (TPSA) is 29.3 Å². The molecule has 17 heavy (non-hydrogen) atoms. The fraction of sp³-hybridized carbons (Fsp3) is 0.0769. The van der Waals surface area contributed by atoms with Crippen LogP contribution in [0.4, 0.5) is 21.5 Å². The highest BCUT2D eigenvalue weighted by atomic mass is 79.9. The maximum atomic E-state index is 13.8. The number of nitrogen functional groups attached to an aromatic ring is 1. The van der Waals surface area contributed by atoms with Gasteiger partial charge in [0.2, 0.25) is 0 Å². The molecule has 0 aliphatic rings. The van der Waals surface area contributed by atoms with Gasteiger partial charge in [0.25, 0.3) is 0 Å². The molecule has 0 bridgehead atoms. The van der Waals surface area contributed by atoms with Crippen LogP contribution < -0.4 is 10.6 Å². The van der Waals surface area contributed by atoms with E-state index in [1.54, 1.807) is 24.1 Å². The smallest absolute Gasteiger partial charge is 0.148 e. The van der Waals surface area contributed by atoms with E-state index < -0.39 is 0 Å². The lowest BCUT2D eigenvalue weighted by Crippen LogP contribution is -2.13. The van der Waals surface area contributed by atoms with Crippen molar-refractivity contribution in [1.82, 2.24) is 0 Å². The summed E-state index contributed by atoms with van der Waals surface area (Å²) in [5.74, 6) is -0.326. The number of anilines is 3. The zero-order valence-electron chi connectivity index (χ0n) is 9.32. The van der Waals surface area contributed by atoms with Gasteiger partial charge < -0.3 is 10.6 Å². The molecule has 2 aromatic rings. The summed E-state index contributed by atoms with van der Waals surface area (Å²) < 4.78 is 14.7. The highest BCUT2D eigenvalue weighted by Gasteiger charge is 2.12. The summed E-state index contributed by atoms with van der Waals surface area (Å²) >= 11 is 3.39. The number of hydrogen-bond donors (Lipinski definition) is 1. The highest BCUT2D eigenvalue weighted by Crippen LogP contribution is 2.32. The second-order valence-electron chi connectivity index (χ2n) is 3.72. The van der Waals surface area contributed by atoms with Crippen LogP contribution >= 0.6 is 15.9 Å². The monoisotopic (exact) mass is 294 g/mol. The fourth-order valence-corrected chi connectivity index (χ4v) is 2.09. The van der Waals surface area contributed by atoms with Crippen LogP contribution in [0.2, 0.25) is 0 Å². The minimum absolute atomic E-state index is 0.326. The van der Waals surface area contributed by atoms with Crippen LogP contribution in [0.5, 0.6) is 0 Å². The van der Waals surface area contributed by atoms with E-state index in [2.05, 4.69) is 15.9 Å². The Kier molecular flexibility index (Phi) is 3.33. The van der Waals surface area contributed by atoms with Gasteiger partial charge in [0.15, 0.2) is 0 Å². The SMILES string of the molecule is CN(c1cccc(Br)c1)c1c(N)cccc1F. The third kappa shape index (κ3) is 2.42. The van der Waals surface area contributed by atoms with Crippen LogP contribution in [0.25, 0.3) is 0 Å². The lowest BCUT2D eigenvalue weighted by molar-refractivity contribution is 0.628. The Balaban J connectivity index is 2.47. The molecule has 0 unspecified atom stereocenters. The average molecular weight is 295 g/mol. The molecule has 0 atom stereocenters. The summed E-state index contributed by atoms with van der Waals surface area (Å²) in [4.78, 5) is 1.73. The zero-order valence-corrected chi connectivity index (χ0v) is 10.9. The molecule has 0 amide bonds. The Morgan fingerprint density at radius 3 is 2.53 bits per heavy atom. The standard InChI is InChI=1S/C13H12BrFN2/c1-17(10-5-2-4-9(14)8-10)13-11(15)6-3-7-12(13)16/h2-8H,16H2,1H3. The van der Waals surface area contributed by atoms with Crippen molar-refractivity contribution in [3.8, 4) is 0 Å². The molecule has 2 aromatic carbocycles. The van der Waals surface area contributed by atoms with E-state index in [0.29, 0.717) is 11.4 Å². The van der Waals surface area contributed by atoms with Crippen LogP contribution in [-0.2, 0) is 0 Å². The predicted molar refractivity (Wildman–Crippen MR) is 73.0 cm³/mol. The van der Waals surface area contributed by atoms with Crippen LogP contribution in [0.3, 0.4) is 0 Å². The van der Waals surface area contributed by atoms with E-state index in [-0.39, 0.29) is 5.82 Å². The lowest BCUT2D eigenvalue weighted by atomic mass is 10.2. The molecule has 0 aliphatic heterocycles. The molecule has 0 fully saturated rings. The molecule has 0 aromatic heterocycles. The molecule has 0 heterocycles. The van der Waals surface area contributed by atoms with Crippen LogP contribution in [0.15, 0.2) is 46.9 Å². The van der Waals surface area contributed by atoms with Crippen molar-refractivity contribution in [3.63, 3.8) is 0 Å². The summed E-state index contributed by atoms with van der Waals surface area (Å²) in [7, 11) is 1.79. The first-order valence-corrected chi connectivity index (χ1v) is 5.92. The molecular formula is C13H12BrFN2. The number of rotatable bonds is 2. The van der Waals surface area contributed by atoms with Crippen molar-refractivity contribution in [2.75, 3.05) is 17.7 Å². The Hall–Kier alpha value is -1.55. The van der Waals surface area contributed by atoms with Crippen LogP contribution in [-0.4, -0.2) is 7.05 Å². The molecule has 0 spiro atoms. The van der Waals surface area contributed by atoms with E-state index in [0.717, 1.165) is 10.2 Å². The molecule has 2 N–H and O–H groups in total. The summed E-state index contributed by atoms with van der Waals surface area (Å²) in [5, 5.41) is 0. The van der Waals surface area contributed by atoms with Gasteiger partial charge in [-0.15, -0.1) is 0 Å². The Bertz CT molecular complexity index is 522. The third-order valence-electron chi connectivity index (χ3n) is 2.55. The second-order valence-corrected chi connectivity index (χ2v) is 4.63. The maximum absolute atomic E-state index is 13.8. The number of nitrogens with zero attached hydrogens (tertiary/aromatic N) is 1. The summed E-state index contributed by atoms with van der Waals surface area (Å²) in [6.45, 7) is 0. The molecule has 0 aliphatic carbocycles. The molecular weight excluding hydrogens is 283 g/mol. The minimum Gasteiger partial charge on any atom is -0.397 e. The van der Waals surface area contributed by atoms with Gasteiger partial charge in [-0.1, -0.05) is 28.1 Å². The number of nitrogens with two attached hydrogens (primary N) is 1. The van der Waals surface area contributed by atoms with Gasteiger partial charge in [-0.2, -0.15) is 0 Å². The van der Waals surface area contributed by atoms with Crippen molar-refractivity contribution in [1.29, 1.82) is 0 Å². The van der Waals surface area contributed by atoms with Crippen molar-refractivity contribution >= 4 is 33.0 Å². The zero-order chi connectivity index (χ0) is 12.4. The fourth-order valence-electron chi connectivity index (χ4n) is 1.70. The summed E-state index contributed by atoms with van der Waals surface area (Å²) in [6.07, 6.45) is 0. The Labute approximate surface area is 108 Å². The van der Waals surface area contributed by atoms with Crippen molar-refractivity contribution in [3.05, 3.63) is 52.8 Å². The minimum atomic E-state index is -0.326. The third-order valence-corrected chi connectivity index (χ3v) is 3.04. The van der Waals surface area contributed by atoms with E-state index in [4.69, 9.17) is 5.73 Å². The van der Waals surface area contributed by atoms with Gasteiger partial charge in [-0.05, 0) is 30.3 Å². The lowest BCUT2D eigenvalue weighted by Gasteiger charge is -2.22. The van der Waals surface area contributed by atoms with Crippen molar-refractivity contribution < 1.29 is 4.39 Å². The van der Waals surface area contributed by atoms with Gasteiger partial charge >= 0.3 is 0 Å². The molecule has 0 saturated carbocycles.